The van der Waals surface area contributed by atoms with E-state index >= 15 is 0 Å². The van der Waals surface area contributed by atoms with Crippen LogP contribution in [0.3, 0.4) is 0 Å². The first kappa shape index (κ1) is 75.9. The number of aliphatic carboxylic acids is 3. The second-order valence-corrected chi connectivity index (χ2v) is 26.5. The number of imide groups is 1. The molecule has 9 rings (SSSR count). The number of likely N-dealkylation sites (tertiary alicyclic amines) is 1. The Hall–Kier alpha value is -10.3. The molecule has 2 aliphatic heterocycles. The Morgan fingerprint density at radius 2 is 1.60 bits per heavy atom. The van der Waals surface area contributed by atoms with Crippen LogP contribution in [0.4, 0.5) is 5.95 Å². The normalized spacial score (nSPS) is 21.4. The van der Waals surface area contributed by atoms with Crippen molar-refractivity contribution in [3.8, 4) is 11.5 Å². The Balaban J connectivity index is 0.743. The zero-order valence-electron chi connectivity index (χ0n) is 54.8. The van der Waals surface area contributed by atoms with Gasteiger partial charge in [-0.2, -0.15) is 10.1 Å². The van der Waals surface area contributed by atoms with Crippen molar-refractivity contribution in [1.29, 1.82) is 0 Å². The molecule has 18 N–H and O–H groups in total. The van der Waals surface area contributed by atoms with E-state index in [0.29, 0.717) is 40.8 Å². The van der Waals surface area contributed by atoms with Gasteiger partial charge < -0.3 is 78.2 Å². The SMILES string of the molecule is Cc1cccc2c1C(=O)c1c(O)c3c(c(O)c1C2=O)C[C@@](O)(/C(CO)=N\NC(=O)CCN1C(=O)CC(SC[C@H](CC(=O)[C@H](CC(=O)O)NC(=O)[C@@H](N)CNC(=O)CC[C@@H](CC(=O)c2ccc(CCc4cnc5nc(N)[nH]c(=O)c5n4)cc2)C(=O)O)C(=O)O)C1=O)C[C@@H]3O[C@H]1CC(N)[C@H](O)C(C)O1. The lowest BCUT2D eigenvalue weighted by Gasteiger charge is -2.43. The molecule has 4 aliphatic rings. The standard InChI is InChI=1S/C66H74N12O23S/c1-27-4-3-5-34-49(27)57(90)52-51(55(34)88)56(89)35-21-66(99,22-41(50(35)58(52)91)101-48-18-36(67)54(87)28(2)100-48)43(25-79)76-77-45(83)14-15-78-46(84)20-42(62(78)94)102-26-32(64(97)98)17-40(81)38(19-47(85)86)73-60(92)37(68)24-70-44(82)13-11-31(63(95)96)16-39(80)30-9-6-29(7-10-30)8-12-33-23-71-59-53(72-33)61(93)75-65(69)74-59/h3-7,9-10,23,28,31-32,36-38,41-42,48,54,79,87,89,91,99H,8,11-22,24-26,67-68H2,1-2H3,(H,70,82)(H,73,92)(H,77,83)(H,85,86)(H,95,96)(H,97,98)(H3,69,71,74,75,93)/b76-43-/t28?,31-,32-,36?,37-,38-,41-,42?,48-,54+,66-/m0/s1. The number of aliphatic hydroxyl groups excluding tert-OH is 2. The molecule has 0 radical (unpaired) electrons. The van der Waals surface area contributed by atoms with Crippen molar-refractivity contribution in [2.24, 2.45) is 28.4 Å². The summed E-state index contributed by atoms with van der Waals surface area (Å²) < 4.78 is 12.1. The number of aromatic hydroxyl groups is 2. The number of carboxylic acids is 3. The number of nitrogen functional groups attached to an aromatic ring is 1. The number of fused-ring (bicyclic) bond motifs is 4. The number of phenolic OH excluding ortho intramolecular Hbond substituents is 2. The van der Waals surface area contributed by atoms with E-state index in [1.807, 2.05) is 0 Å². The maximum atomic E-state index is 14.1. The van der Waals surface area contributed by atoms with Crippen molar-refractivity contribution in [1.82, 2.24) is 40.9 Å². The van der Waals surface area contributed by atoms with Gasteiger partial charge in [0.25, 0.3) is 5.56 Å². The molecule has 2 fully saturated rings. The van der Waals surface area contributed by atoms with E-state index in [9.17, 15) is 103 Å². The van der Waals surface area contributed by atoms with E-state index in [4.69, 9.17) is 26.7 Å². The highest BCUT2D eigenvalue weighted by atomic mass is 32.2. The number of ether oxygens (including phenoxy) is 2. The molecule has 0 bridgehead atoms. The maximum absolute atomic E-state index is 14.1. The van der Waals surface area contributed by atoms with Crippen LogP contribution < -0.4 is 38.8 Å². The third-order valence-electron chi connectivity index (χ3n) is 18.1. The van der Waals surface area contributed by atoms with Gasteiger partial charge in [0.1, 0.15) is 23.1 Å². The van der Waals surface area contributed by atoms with Gasteiger partial charge in [0.15, 0.2) is 40.6 Å². The summed E-state index contributed by atoms with van der Waals surface area (Å²) in [4.78, 5) is 185. The Kier molecular flexibility index (Phi) is 23.9. The first-order valence-electron chi connectivity index (χ1n) is 32.1. The maximum Gasteiger partial charge on any atom is 0.307 e. The quantitative estimate of drug-likeness (QED) is 0.00788. The highest BCUT2D eigenvalue weighted by Gasteiger charge is 2.50. The molecule has 36 heteroatoms. The minimum atomic E-state index is -2.38. The molecule has 5 amide bonds. The Bertz CT molecular complexity index is 4310. The summed E-state index contributed by atoms with van der Waals surface area (Å²) in [6.07, 6.45) is -8.20. The number of H-pyrrole nitrogens is 1. The molecule has 102 heavy (non-hydrogen) atoms. The lowest BCUT2D eigenvalue weighted by Crippen LogP contribution is -2.53. The summed E-state index contributed by atoms with van der Waals surface area (Å²) in [5.74, 6) is -17.4. The number of aryl methyl sites for hydroxylation is 3. The molecule has 11 atom stereocenters. The number of rotatable bonds is 31. The minimum absolute atomic E-state index is 0.0122. The summed E-state index contributed by atoms with van der Waals surface area (Å²) in [6, 6.07) is 6.47. The number of carbonyl (C=O) groups is 12. The number of aromatic nitrogens is 4. The first-order chi connectivity index (χ1) is 48.3. The second-order valence-electron chi connectivity index (χ2n) is 25.3. The number of Topliss-reactive ketones (excluding diaryl/α,β-unsaturated/α-hetero) is 2. The number of benzene rings is 3. The van der Waals surface area contributed by atoms with E-state index in [0.717, 1.165) is 5.56 Å². The summed E-state index contributed by atoms with van der Waals surface area (Å²) >= 11 is 0.668. The number of ketones is 4. The second kappa shape index (κ2) is 32.1. The van der Waals surface area contributed by atoms with Crippen LogP contribution in [-0.2, 0) is 71.9 Å². The summed E-state index contributed by atoms with van der Waals surface area (Å²) in [6.45, 7) is 0.863. The highest BCUT2D eigenvalue weighted by Crippen LogP contribution is 2.52. The number of carboxylic acid groups (broad SMARTS) is 3. The smallest absolute Gasteiger partial charge is 0.307 e. The van der Waals surface area contributed by atoms with E-state index in [1.165, 1.54) is 37.4 Å². The largest absolute Gasteiger partial charge is 0.507 e. The fourth-order valence-corrected chi connectivity index (χ4v) is 13.7. The topological polar surface area (TPSA) is 586 Å². The molecule has 0 saturated carbocycles. The molecular weight excluding hydrogens is 1360 g/mol. The number of nitrogens with one attached hydrogen (secondary N) is 4. The van der Waals surface area contributed by atoms with Crippen LogP contribution >= 0.6 is 11.8 Å². The number of hydrogen-bond donors (Lipinski definition) is 15. The molecular formula is C66H74N12O23S. The summed E-state index contributed by atoms with van der Waals surface area (Å²) in [5.41, 5.74) is 16.7. The minimum Gasteiger partial charge on any atom is -0.507 e. The average molecular weight is 1440 g/mol. The zero-order chi connectivity index (χ0) is 74.3. The van der Waals surface area contributed by atoms with E-state index < -0.39 is 247 Å². The Labute approximate surface area is 582 Å². The van der Waals surface area contributed by atoms with Crippen LogP contribution in [0.25, 0.3) is 11.2 Å². The number of thioether (sulfide) groups is 1. The van der Waals surface area contributed by atoms with Crippen LogP contribution in [0.15, 0.2) is 58.6 Å². The van der Waals surface area contributed by atoms with Crippen LogP contribution in [0.5, 0.6) is 11.5 Å². The van der Waals surface area contributed by atoms with Crippen molar-refractivity contribution >= 4 is 105 Å². The van der Waals surface area contributed by atoms with Crippen molar-refractivity contribution in [2.45, 2.75) is 144 Å². The van der Waals surface area contributed by atoms with Crippen molar-refractivity contribution < 1.29 is 108 Å². The molecule has 3 aromatic carbocycles. The number of amides is 5. The number of anilines is 1. The molecule has 2 saturated heterocycles. The Morgan fingerprint density at radius 3 is 2.27 bits per heavy atom. The van der Waals surface area contributed by atoms with Gasteiger partial charge in [0, 0.05) is 104 Å². The van der Waals surface area contributed by atoms with Crippen LogP contribution in [0.1, 0.15) is 141 Å². The van der Waals surface area contributed by atoms with Crippen LogP contribution in [0, 0.1) is 18.8 Å². The highest BCUT2D eigenvalue weighted by molar-refractivity contribution is 8.00. The fourth-order valence-electron chi connectivity index (χ4n) is 12.5. The molecule has 3 unspecified atom stereocenters. The molecule has 2 aromatic heterocycles. The molecule has 542 valence electrons. The Morgan fingerprint density at radius 1 is 0.892 bits per heavy atom. The van der Waals surface area contributed by atoms with Gasteiger partial charge >= 0.3 is 17.9 Å². The van der Waals surface area contributed by atoms with Crippen LogP contribution in [-0.4, -0.2) is 215 Å². The van der Waals surface area contributed by atoms with E-state index in [-0.39, 0.29) is 57.8 Å². The number of aromatic amines is 1. The molecule has 2 aliphatic carbocycles. The summed E-state index contributed by atoms with van der Waals surface area (Å²) in [5, 5.41) is 94.3. The monoisotopic (exact) mass is 1430 g/mol. The predicted octanol–water partition coefficient (Wildman–Crippen LogP) is -1.33. The number of nitrogens with zero attached hydrogens (tertiary/aromatic N) is 5. The van der Waals surface area contributed by atoms with Gasteiger partial charge in [-0.15, -0.1) is 11.8 Å². The lowest BCUT2D eigenvalue weighted by molar-refractivity contribution is -0.245. The van der Waals surface area contributed by atoms with E-state index in [2.05, 4.69) is 41.1 Å². The zero-order valence-corrected chi connectivity index (χ0v) is 55.6. The average Bonchev–Trinajstić information content (AvgIpc) is 0.793. The van der Waals surface area contributed by atoms with Gasteiger partial charge in [0.2, 0.25) is 35.5 Å². The number of phenols is 2. The number of carbonyl (C=O) groups excluding carboxylic acids is 9. The molecule has 0 spiro atoms. The van der Waals surface area contributed by atoms with Gasteiger partial charge in [-0.3, -0.25) is 72.2 Å². The van der Waals surface area contributed by atoms with Gasteiger partial charge in [-0.25, -0.2) is 15.4 Å². The third-order valence-corrected chi connectivity index (χ3v) is 19.5. The van der Waals surface area contributed by atoms with Crippen LogP contribution in [0.2, 0.25) is 0 Å². The number of hydrogen-bond acceptors (Lipinski definition) is 28. The van der Waals surface area contributed by atoms with Crippen molar-refractivity contribution in [2.75, 3.05) is 31.2 Å². The molecule has 5 aromatic rings. The lowest BCUT2D eigenvalue weighted by atomic mass is 9.71. The fraction of sp³-hybridized carbons (Fsp3) is 0.439. The summed E-state index contributed by atoms with van der Waals surface area (Å²) in [7, 11) is 0. The molecule has 35 nitrogen and oxygen atoms in total. The van der Waals surface area contributed by atoms with E-state index in [1.54, 1.807) is 25.1 Å². The van der Waals surface area contributed by atoms with Crippen molar-refractivity contribution in [3.05, 3.63) is 115 Å². The molecule has 4 heterocycles. The van der Waals surface area contributed by atoms with Crippen molar-refractivity contribution in [3.63, 3.8) is 0 Å². The number of aliphatic hydroxyl groups is 3. The number of nitrogens with two attached hydrogens (primary N) is 3. The van der Waals surface area contributed by atoms with Gasteiger partial charge in [0.05, 0.1) is 83.2 Å². The van der Waals surface area contributed by atoms with Gasteiger partial charge in [-0.05, 0) is 44.2 Å². The predicted molar refractivity (Wildman–Crippen MR) is 354 cm³/mol. The number of hydrazone groups is 1. The van der Waals surface area contributed by atoms with Gasteiger partial charge in [-0.1, -0.05) is 42.5 Å². The third kappa shape index (κ3) is 17.2. The first-order valence-corrected chi connectivity index (χ1v) is 33.2.